The number of aromatic amines is 2. The number of amidine groups is 1. The number of ketones is 1. The fourth-order valence-corrected chi connectivity index (χ4v) is 14.4. The second-order valence-electron chi connectivity index (χ2n) is 24.0. The van der Waals surface area contributed by atoms with Crippen molar-refractivity contribution >= 4 is 87.4 Å². The van der Waals surface area contributed by atoms with Crippen molar-refractivity contribution < 1.29 is 42.0 Å². The van der Waals surface area contributed by atoms with Gasteiger partial charge < -0.3 is 33.4 Å². The Labute approximate surface area is 525 Å². The zero-order valence-corrected chi connectivity index (χ0v) is 51.6. The molecule has 0 saturated heterocycles. The molecule has 91 heavy (non-hydrogen) atoms. The number of nitrogens with one attached hydrogen (secondary N) is 2. The molecule has 456 valence electrons. The highest BCUT2D eigenvalue weighted by Gasteiger charge is 2.39. The molecular formula is C74H66BF2N7O7. The summed E-state index contributed by atoms with van der Waals surface area (Å²) in [6.07, 6.45) is 5.71. The number of Topliss-reactive ketones (excluding diaryl/α,β-unsaturated/α-hetero) is 1. The molecule has 0 amide bonds. The van der Waals surface area contributed by atoms with Crippen LogP contribution in [0.15, 0.2) is 137 Å². The summed E-state index contributed by atoms with van der Waals surface area (Å²) in [6.45, 7) is 13.8. The van der Waals surface area contributed by atoms with Crippen molar-refractivity contribution in [3.8, 4) is 33.9 Å². The molecule has 6 aliphatic rings. The molecule has 3 aliphatic heterocycles. The first kappa shape index (κ1) is 58.6. The maximum atomic E-state index is 15.9. The van der Waals surface area contributed by atoms with Crippen LogP contribution in [0.3, 0.4) is 0 Å². The number of ether oxygens (including phenoxy) is 4. The third-order valence-corrected chi connectivity index (χ3v) is 19.0. The van der Waals surface area contributed by atoms with Gasteiger partial charge in [0.15, 0.2) is 18.2 Å². The van der Waals surface area contributed by atoms with E-state index in [9.17, 15) is 14.4 Å². The van der Waals surface area contributed by atoms with Gasteiger partial charge in [-0.15, -0.1) is 0 Å². The van der Waals surface area contributed by atoms with Crippen molar-refractivity contribution in [3.05, 3.63) is 206 Å². The lowest BCUT2D eigenvalue weighted by Crippen LogP contribution is -2.19. The summed E-state index contributed by atoms with van der Waals surface area (Å²) >= 11 is 0. The number of benzene rings is 4. The maximum Gasteiger partial charge on any atom is 0.679 e. The van der Waals surface area contributed by atoms with Crippen LogP contribution in [0, 0.1) is 13.8 Å². The van der Waals surface area contributed by atoms with Crippen molar-refractivity contribution in [3.63, 3.8) is 0 Å². The molecule has 4 aromatic carbocycles. The zero-order valence-electron chi connectivity index (χ0n) is 51.6. The molecule has 0 radical (unpaired) electrons. The summed E-state index contributed by atoms with van der Waals surface area (Å²) in [5.41, 5.74) is 22.8. The number of fused-ring (bicyclic) bond motifs is 14. The molecule has 0 spiro atoms. The van der Waals surface area contributed by atoms with Crippen LogP contribution >= 0.6 is 0 Å². The molecule has 0 unspecified atom stereocenters. The summed E-state index contributed by atoms with van der Waals surface area (Å²) in [6, 6.07) is 36.8. The number of carbonyl (C=O) groups excluding carboxylic acids is 3. The van der Waals surface area contributed by atoms with Gasteiger partial charge in [0.1, 0.15) is 30.5 Å². The van der Waals surface area contributed by atoms with Crippen molar-refractivity contribution in [1.29, 1.82) is 0 Å². The van der Waals surface area contributed by atoms with Gasteiger partial charge in [-0.25, -0.2) is 19.8 Å². The van der Waals surface area contributed by atoms with E-state index in [-0.39, 0.29) is 56.1 Å². The van der Waals surface area contributed by atoms with E-state index in [0.29, 0.717) is 72.0 Å². The van der Waals surface area contributed by atoms with Gasteiger partial charge in [0.25, 0.3) is 0 Å². The Kier molecular flexibility index (Phi) is 15.3. The number of methoxy groups -OCH3 is 1. The molecule has 17 heteroatoms. The Morgan fingerprint density at radius 3 is 2.21 bits per heavy atom. The minimum absolute atomic E-state index is 0.0239. The van der Waals surface area contributed by atoms with Gasteiger partial charge in [-0.3, -0.25) is 23.2 Å². The Hall–Kier alpha value is -10.0. The minimum Gasteiger partial charge on any atom is -0.497 e. The van der Waals surface area contributed by atoms with Gasteiger partial charge in [0, 0.05) is 91.6 Å². The highest BCUT2D eigenvalue weighted by molar-refractivity contribution is 6.44. The molecule has 14 nitrogen and oxygen atoms in total. The average molecular weight is 1210 g/mol. The van der Waals surface area contributed by atoms with E-state index in [1.165, 1.54) is 0 Å². The first-order valence-electron chi connectivity index (χ1n) is 31.1. The standard InChI is InChI=1S/C74H66BF2N7O7/c1-8-49-39(3)57-35-59-41(5)51(69(80-59)56-34-63(85)66-42(6)60(81-71(56)66)37-62-50(9-2)40(4)58(79-62)36-61(49)78-57)28-29-64(86)89-30-31-90-65(87)38-91-48-23-26-52-45(33-48)20-24-54-67(43-16-12-10-13-17-43)73(82-70(52)54)83-74-68(44-18-14-11-15-19-44)55-25-21-46-32-47(88-7)22-27-53(46)72(55)84(74)75(76)77/h8,10-19,22-23,26-27,32-33,35-37,41,51,78,81H,1,9,20-21,24-25,28-31,34,38H2,2-7H3/b57-35?,58-36?,59-35?,60-37?,61-36?,62-37?,69-56?,83-73-/t41-,51-/m0/s1. The molecule has 14 rings (SSSR count). The predicted octanol–water partition coefficient (Wildman–Crippen LogP) is 15.4. The molecule has 8 aromatic rings. The van der Waals surface area contributed by atoms with E-state index in [2.05, 4.69) is 56.4 Å². The maximum absolute atomic E-state index is 15.9. The van der Waals surface area contributed by atoms with Crippen LogP contribution < -0.4 is 9.47 Å². The largest absolute Gasteiger partial charge is 0.679 e. The number of nitrogens with zero attached hydrogens (tertiary/aromatic N) is 5. The number of aromatic nitrogens is 5. The quantitative estimate of drug-likeness (QED) is 0.0542. The van der Waals surface area contributed by atoms with E-state index in [1.54, 1.807) is 13.2 Å². The smallest absolute Gasteiger partial charge is 0.497 e. The number of esters is 2. The zero-order chi connectivity index (χ0) is 62.9. The molecule has 8 bridgehead atoms. The first-order valence-corrected chi connectivity index (χ1v) is 31.1. The van der Waals surface area contributed by atoms with Gasteiger partial charge in [-0.05, 0) is 170 Å². The molecule has 4 aromatic heterocycles. The van der Waals surface area contributed by atoms with Crippen LogP contribution in [0.2, 0.25) is 0 Å². The molecule has 0 saturated carbocycles. The second-order valence-corrected chi connectivity index (χ2v) is 24.0. The van der Waals surface area contributed by atoms with Crippen LogP contribution in [0.4, 0.5) is 14.4 Å². The minimum atomic E-state index is -2.91. The third kappa shape index (κ3) is 10.3. The number of rotatable bonds is 16. The molecular weight excluding hydrogens is 1150 g/mol. The van der Waals surface area contributed by atoms with E-state index in [4.69, 9.17) is 38.9 Å². The van der Waals surface area contributed by atoms with Crippen molar-refractivity contribution in [2.24, 2.45) is 9.98 Å². The topological polar surface area (TPSA) is 175 Å². The average Bonchev–Trinajstić information content (AvgIpc) is 1.60. The summed E-state index contributed by atoms with van der Waals surface area (Å²) in [7, 11) is -1.31. The van der Waals surface area contributed by atoms with E-state index < -0.39 is 19.3 Å². The highest BCUT2D eigenvalue weighted by Crippen LogP contribution is 2.50. The summed E-state index contributed by atoms with van der Waals surface area (Å²) in [5, 5.41) is 0. The van der Waals surface area contributed by atoms with E-state index in [0.717, 1.165) is 139 Å². The van der Waals surface area contributed by atoms with Gasteiger partial charge in [-0.2, -0.15) is 0 Å². The Morgan fingerprint density at radius 2 is 1.46 bits per heavy atom. The SMILES string of the molecule is C=Cc1c(C)c2cc3nc(c4c5[nH]c(cc6nc(cc1[nH]2)C(C)=C6CC)c(C)c5C(=O)C4)[C@@H](CCC(=O)OCCOC(=O)COc1ccc2c(c1)CCC1=C(c4ccccc4)/C(=N/c4c(-c5ccccc5)c5c(n4B(F)F)-c4ccc(OC)cc4CC5)N=C12)[C@@H]3C. The lowest BCUT2D eigenvalue weighted by molar-refractivity contribution is -0.153. The molecule has 3 aliphatic carbocycles. The Bertz CT molecular complexity index is 4720. The van der Waals surface area contributed by atoms with Crippen LogP contribution in [-0.2, 0) is 44.7 Å². The molecule has 0 fully saturated rings. The third-order valence-electron chi connectivity index (χ3n) is 19.0. The summed E-state index contributed by atoms with van der Waals surface area (Å²) in [5.74, 6) is 0.222. The fourth-order valence-electron chi connectivity index (χ4n) is 14.4. The summed E-state index contributed by atoms with van der Waals surface area (Å²) in [4.78, 5) is 68.6. The van der Waals surface area contributed by atoms with Gasteiger partial charge in [0.05, 0.1) is 35.4 Å². The Balaban J connectivity index is 0.665. The number of aryl methyl sites for hydroxylation is 4. The van der Waals surface area contributed by atoms with Crippen molar-refractivity contribution in [2.45, 2.75) is 97.8 Å². The number of allylic oxidation sites excluding steroid dienone is 3. The normalized spacial score (nSPS) is 16.5. The lowest BCUT2D eigenvalue weighted by atomic mass is 9.83. The molecule has 2 atom stereocenters. The lowest BCUT2D eigenvalue weighted by Gasteiger charge is -2.20. The van der Waals surface area contributed by atoms with Crippen LogP contribution in [0.5, 0.6) is 11.5 Å². The molecule has 2 N–H and O–H groups in total. The number of hydrogen-bond acceptors (Lipinski definition) is 10. The van der Waals surface area contributed by atoms with Crippen LogP contribution in [-0.4, -0.2) is 88.0 Å². The fraction of sp³-hybridized carbons (Fsp3) is 0.257. The number of halogens is 2. The predicted molar refractivity (Wildman–Crippen MR) is 354 cm³/mol. The molecule has 7 heterocycles. The number of aliphatic imine (C=N–C) groups is 2. The van der Waals surface area contributed by atoms with Gasteiger partial charge >= 0.3 is 19.3 Å². The number of hydrogen-bond donors (Lipinski definition) is 2. The van der Waals surface area contributed by atoms with Crippen LogP contribution in [0.1, 0.15) is 141 Å². The van der Waals surface area contributed by atoms with Crippen molar-refractivity contribution in [1.82, 2.24) is 24.4 Å². The summed E-state index contributed by atoms with van der Waals surface area (Å²) < 4.78 is 55.5. The van der Waals surface area contributed by atoms with E-state index >= 15 is 8.63 Å². The second kappa shape index (κ2) is 23.7. The van der Waals surface area contributed by atoms with Gasteiger partial charge in [-0.1, -0.05) is 87.2 Å². The highest BCUT2D eigenvalue weighted by atomic mass is 19.2. The van der Waals surface area contributed by atoms with Crippen LogP contribution in [0.25, 0.3) is 67.2 Å². The Morgan fingerprint density at radius 1 is 0.769 bits per heavy atom. The van der Waals surface area contributed by atoms with Crippen molar-refractivity contribution in [2.75, 3.05) is 26.9 Å². The first-order chi connectivity index (χ1) is 44.2. The monoisotopic (exact) mass is 1210 g/mol. The van der Waals surface area contributed by atoms with E-state index in [1.807, 2.05) is 110 Å². The van der Waals surface area contributed by atoms with Gasteiger partial charge in [0.2, 0.25) is 0 Å². The number of H-pyrrole nitrogens is 2. The number of carbonyl (C=O) groups is 3.